The molecular weight excluding hydrogens is 424 g/mol. The molecule has 0 radical (unpaired) electrons. The van der Waals surface area contributed by atoms with Crippen molar-refractivity contribution in [3.8, 4) is 17.8 Å². The third-order valence-electron chi connectivity index (χ3n) is 5.55. The van der Waals surface area contributed by atoms with Crippen LogP contribution in [0.25, 0.3) is 0 Å². The number of carbonyl (C=O) groups is 1. The van der Waals surface area contributed by atoms with E-state index in [1.807, 2.05) is 20.8 Å². The van der Waals surface area contributed by atoms with Gasteiger partial charge in [-0.1, -0.05) is 0 Å². The van der Waals surface area contributed by atoms with Gasteiger partial charge in [0.1, 0.15) is 29.7 Å². The molecule has 2 aliphatic rings. The van der Waals surface area contributed by atoms with Crippen LogP contribution >= 0.6 is 0 Å². The second-order valence-corrected chi connectivity index (χ2v) is 9.09. The van der Waals surface area contributed by atoms with E-state index >= 15 is 0 Å². The number of hydrogen-bond acceptors (Lipinski definition) is 9. The lowest BCUT2D eigenvalue weighted by atomic mass is 10.1. The second kappa shape index (κ2) is 9.10. The molecule has 2 aromatic heterocycles. The molecule has 4 heterocycles. The number of carbonyl (C=O) groups excluding carboxylic acids is 1. The lowest BCUT2D eigenvalue weighted by Gasteiger charge is -2.31. The minimum Gasteiger partial charge on any atom is -0.480 e. The van der Waals surface area contributed by atoms with Crippen LogP contribution < -0.4 is 14.4 Å². The van der Waals surface area contributed by atoms with Crippen LogP contribution in [0.15, 0.2) is 18.6 Å². The van der Waals surface area contributed by atoms with Crippen molar-refractivity contribution in [2.75, 3.05) is 31.6 Å². The summed E-state index contributed by atoms with van der Waals surface area (Å²) < 4.78 is 16.9. The zero-order valence-electron chi connectivity index (χ0n) is 19.4. The lowest BCUT2D eigenvalue weighted by molar-refractivity contribution is 0.0274. The molecule has 33 heavy (non-hydrogen) atoms. The molecule has 0 aliphatic carbocycles. The fourth-order valence-electron chi connectivity index (χ4n) is 3.97. The van der Waals surface area contributed by atoms with Crippen molar-refractivity contribution < 1.29 is 19.0 Å². The van der Waals surface area contributed by atoms with E-state index in [0.29, 0.717) is 43.4 Å². The zero-order chi connectivity index (χ0) is 23.6. The van der Waals surface area contributed by atoms with Crippen LogP contribution in [0.4, 0.5) is 10.5 Å². The van der Waals surface area contributed by atoms with Crippen LogP contribution in [-0.4, -0.2) is 64.4 Å². The number of aromatic nitrogens is 3. The summed E-state index contributed by atoms with van der Waals surface area (Å²) in [5.41, 5.74) is 2.53. The fourth-order valence-corrected chi connectivity index (χ4v) is 3.97. The van der Waals surface area contributed by atoms with Gasteiger partial charge in [-0.15, -0.1) is 0 Å². The summed E-state index contributed by atoms with van der Waals surface area (Å²) in [5, 5.41) is 9.39. The van der Waals surface area contributed by atoms with Gasteiger partial charge in [0.15, 0.2) is 0 Å². The van der Waals surface area contributed by atoms with Crippen LogP contribution in [0, 0.1) is 11.3 Å². The zero-order valence-corrected chi connectivity index (χ0v) is 19.4. The Kier molecular flexibility index (Phi) is 6.22. The summed E-state index contributed by atoms with van der Waals surface area (Å²) >= 11 is 0. The maximum atomic E-state index is 12.4. The highest BCUT2D eigenvalue weighted by Crippen LogP contribution is 2.31. The summed E-state index contributed by atoms with van der Waals surface area (Å²) in [6.07, 6.45) is 4.15. The van der Waals surface area contributed by atoms with Crippen molar-refractivity contribution in [3.05, 3.63) is 35.4 Å². The van der Waals surface area contributed by atoms with E-state index in [2.05, 4.69) is 25.9 Å². The third kappa shape index (κ3) is 5.08. The van der Waals surface area contributed by atoms with E-state index in [0.717, 1.165) is 29.9 Å². The van der Waals surface area contributed by atoms with E-state index in [1.54, 1.807) is 17.2 Å². The largest absolute Gasteiger partial charge is 0.480 e. The topological polar surface area (TPSA) is 114 Å². The smallest absolute Gasteiger partial charge is 0.410 e. The third-order valence-corrected chi connectivity index (χ3v) is 5.55. The molecule has 1 amide bonds. The average Bonchev–Trinajstić information content (AvgIpc) is 3.26. The summed E-state index contributed by atoms with van der Waals surface area (Å²) in [5.74, 6) is 0.838. The van der Waals surface area contributed by atoms with Gasteiger partial charge in [0.05, 0.1) is 43.3 Å². The van der Waals surface area contributed by atoms with Gasteiger partial charge in [0.25, 0.3) is 0 Å². The number of nitrogens with zero attached hydrogens (tertiary/aromatic N) is 6. The van der Waals surface area contributed by atoms with Gasteiger partial charge in [0.2, 0.25) is 11.8 Å². The number of amides is 1. The Hall–Kier alpha value is -3.61. The quantitative estimate of drug-likeness (QED) is 0.691. The predicted octanol–water partition coefficient (Wildman–Crippen LogP) is 2.70. The van der Waals surface area contributed by atoms with Crippen molar-refractivity contribution in [1.82, 2.24) is 19.9 Å². The Balaban J connectivity index is 1.47. The van der Waals surface area contributed by atoms with E-state index in [1.165, 1.54) is 13.4 Å². The Labute approximate surface area is 193 Å². The van der Waals surface area contributed by atoms with E-state index < -0.39 is 5.60 Å². The first-order valence-electron chi connectivity index (χ1n) is 10.9. The van der Waals surface area contributed by atoms with E-state index in [4.69, 9.17) is 14.2 Å². The van der Waals surface area contributed by atoms with Gasteiger partial charge in [-0.3, -0.25) is 0 Å². The normalized spacial score (nSPS) is 17.8. The van der Waals surface area contributed by atoms with Crippen LogP contribution in [-0.2, 0) is 17.7 Å². The van der Waals surface area contributed by atoms with Gasteiger partial charge in [-0.05, 0) is 26.8 Å². The second-order valence-electron chi connectivity index (χ2n) is 9.09. The molecule has 1 fully saturated rings. The number of likely N-dealkylation sites (tertiary alicyclic amines) is 1. The first-order valence-corrected chi connectivity index (χ1v) is 10.9. The highest BCUT2D eigenvalue weighted by atomic mass is 16.6. The highest BCUT2D eigenvalue weighted by molar-refractivity contribution is 5.68. The lowest BCUT2D eigenvalue weighted by Crippen LogP contribution is -2.36. The van der Waals surface area contributed by atoms with Crippen molar-refractivity contribution in [2.45, 2.75) is 51.9 Å². The fraction of sp³-hybridized carbons (Fsp3) is 0.522. The van der Waals surface area contributed by atoms with Gasteiger partial charge < -0.3 is 24.0 Å². The molecular formula is C23H28N6O4. The number of anilines is 1. The van der Waals surface area contributed by atoms with E-state index in [-0.39, 0.29) is 12.2 Å². The minimum atomic E-state index is -0.535. The first-order chi connectivity index (χ1) is 15.8. The van der Waals surface area contributed by atoms with Gasteiger partial charge >= 0.3 is 6.09 Å². The molecule has 2 aliphatic heterocycles. The Morgan fingerprint density at radius 1 is 1.21 bits per heavy atom. The maximum absolute atomic E-state index is 12.4. The standard InChI is InChI=1S/C23H28N6O4/c1-23(2,3)33-22(30)29-7-5-17(12-29)32-21-18-13-28(8-6-19(18)26-14-27-21)16-9-15(10-24)20(31-4)25-11-16/h9,11,14,17H,5-8,12-13H2,1-4H3. The molecule has 174 valence electrons. The molecule has 4 rings (SSSR count). The van der Waals surface area contributed by atoms with E-state index in [9.17, 15) is 10.1 Å². The van der Waals surface area contributed by atoms with Gasteiger partial charge in [-0.2, -0.15) is 5.26 Å². The minimum absolute atomic E-state index is 0.167. The van der Waals surface area contributed by atoms with Crippen LogP contribution in [0.5, 0.6) is 11.8 Å². The summed E-state index contributed by atoms with van der Waals surface area (Å²) in [4.78, 5) is 29.2. The molecule has 1 saturated heterocycles. The van der Waals surface area contributed by atoms with Crippen molar-refractivity contribution >= 4 is 11.8 Å². The Bertz CT molecular complexity index is 1080. The molecule has 0 spiro atoms. The molecule has 0 aromatic carbocycles. The van der Waals surface area contributed by atoms with Crippen LogP contribution in [0.3, 0.4) is 0 Å². The summed E-state index contributed by atoms with van der Waals surface area (Å²) in [6.45, 7) is 7.85. The van der Waals surface area contributed by atoms with Crippen molar-refractivity contribution in [2.24, 2.45) is 0 Å². The molecule has 1 atom stereocenters. The number of nitriles is 1. The number of ether oxygens (including phenoxy) is 3. The number of hydrogen-bond donors (Lipinski definition) is 0. The number of methoxy groups -OCH3 is 1. The number of fused-ring (bicyclic) bond motifs is 1. The molecule has 0 saturated carbocycles. The molecule has 10 heteroatoms. The van der Waals surface area contributed by atoms with Crippen molar-refractivity contribution in [3.63, 3.8) is 0 Å². The predicted molar refractivity (Wildman–Crippen MR) is 119 cm³/mol. The molecule has 0 bridgehead atoms. The first kappa shape index (κ1) is 22.6. The summed E-state index contributed by atoms with van der Waals surface area (Å²) in [7, 11) is 1.49. The molecule has 1 unspecified atom stereocenters. The monoisotopic (exact) mass is 452 g/mol. The average molecular weight is 453 g/mol. The number of rotatable bonds is 4. The SMILES string of the molecule is COc1ncc(N2CCc3ncnc(OC4CCN(C(=O)OC(C)(C)C)C4)c3C2)cc1C#N. The van der Waals surface area contributed by atoms with Gasteiger partial charge in [0, 0.05) is 25.9 Å². The Morgan fingerprint density at radius 3 is 2.76 bits per heavy atom. The van der Waals surface area contributed by atoms with Crippen LogP contribution in [0.2, 0.25) is 0 Å². The van der Waals surface area contributed by atoms with Crippen molar-refractivity contribution in [1.29, 1.82) is 5.26 Å². The van der Waals surface area contributed by atoms with Gasteiger partial charge in [-0.25, -0.2) is 19.7 Å². The molecule has 10 nitrogen and oxygen atoms in total. The maximum Gasteiger partial charge on any atom is 0.410 e. The van der Waals surface area contributed by atoms with Crippen LogP contribution in [0.1, 0.15) is 44.0 Å². The Morgan fingerprint density at radius 2 is 2.03 bits per heavy atom. The molecule has 0 N–H and O–H groups in total. The number of pyridine rings is 1. The highest BCUT2D eigenvalue weighted by Gasteiger charge is 2.32. The molecule has 2 aromatic rings. The summed E-state index contributed by atoms with van der Waals surface area (Å²) in [6, 6.07) is 3.90.